The largest absolute Gasteiger partial charge is 0.381 e. The number of piperazine rings is 1. The first-order valence-corrected chi connectivity index (χ1v) is 14.2. The summed E-state index contributed by atoms with van der Waals surface area (Å²) in [5.41, 5.74) is 6.12. The fourth-order valence-electron chi connectivity index (χ4n) is 5.89. The fourth-order valence-corrected chi connectivity index (χ4v) is 5.89. The lowest BCUT2D eigenvalue weighted by molar-refractivity contribution is 0.0662. The molecule has 8 nitrogen and oxygen atoms in total. The molecule has 7 rings (SSSR count). The summed E-state index contributed by atoms with van der Waals surface area (Å²) >= 11 is 0. The van der Waals surface area contributed by atoms with E-state index in [9.17, 15) is 4.39 Å². The molecule has 0 saturated carbocycles. The molecule has 0 radical (unpaired) electrons. The molecule has 0 amide bonds. The fraction of sp³-hybridized carbons (Fsp3) is 0.312. The molecule has 2 saturated heterocycles. The second-order valence-corrected chi connectivity index (χ2v) is 10.8. The summed E-state index contributed by atoms with van der Waals surface area (Å²) in [6.45, 7) is 5.90. The summed E-state index contributed by atoms with van der Waals surface area (Å²) in [6.07, 6.45) is 11.5. The summed E-state index contributed by atoms with van der Waals surface area (Å²) in [5.74, 6) is 0.786. The minimum absolute atomic E-state index is 0.180. The molecule has 3 aromatic heterocycles. The number of benzene rings is 2. The molecular formula is C32H32FN7O. The third kappa shape index (κ3) is 5.55. The number of hydrogen-bond acceptors (Lipinski definition) is 7. The van der Waals surface area contributed by atoms with Crippen molar-refractivity contribution in [3.8, 4) is 22.3 Å². The molecule has 2 aliphatic rings. The average molecular weight is 550 g/mol. The number of anilines is 1. The van der Waals surface area contributed by atoms with Crippen LogP contribution in [0.5, 0.6) is 0 Å². The molecule has 41 heavy (non-hydrogen) atoms. The lowest BCUT2D eigenvalue weighted by atomic mass is 9.97. The smallest absolute Gasteiger partial charge is 0.128 e. The van der Waals surface area contributed by atoms with Gasteiger partial charge in [0.05, 0.1) is 17.8 Å². The molecule has 208 valence electrons. The van der Waals surface area contributed by atoms with Crippen molar-refractivity contribution < 1.29 is 9.13 Å². The van der Waals surface area contributed by atoms with Crippen molar-refractivity contribution in [1.82, 2.24) is 29.6 Å². The van der Waals surface area contributed by atoms with Crippen LogP contribution in [0.25, 0.3) is 33.2 Å². The Morgan fingerprint density at radius 2 is 1.73 bits per heavy atom. The summed E-state index contributed by atoms with van der Waals surface area (Å²) in [5, 5.41) is 5.68. The summed E-state index contributed by atoms with van der Waals surface area (Å²) in [6, 6.07) is 15.8. The van der Waals surface area contributed by atoms with E-state index in [0.717, 1.165) is 103 Å². The first-order chi connectivity index (χ1) is 20.2. The van der Waals surface area contributed by atoms with Gasteiger partial charge in [0.1, 0.15) is 18.0 Å². The maximum atomic E-state index is 13.6. The zero-order valence-corrected chi connectivity index (χ0v) is 22.9. The van der Waals surface area contributed by atoms with Crippen molar-refractivity contribution in [3.63, 3.8) is 0 Å². The molecule has 0 N–H and O–H groups in total. The normalized spacial score (nSPS) is 16.9. The number of pyridine rings is 1. The first-order valence-electron chi connectivity index (χ1n) is 14.2. The highest BCUT2D eigenvalue weighted by atomic mass is 19.1. The van der Waals surface area contributed by atoms with Gasteiger partial charge in [-0.3, -0.25) is 9.58 Å². The Balaban J connectivity index is 1.10. The number of hydrogen-bond donors (Lipinski definition) is 0. The molecule has 0 atom stereocenters. The van der Waals surface area contributed by atoms with Crippen LogP contribution < -0.4 is 4.90 Å². The van der Waals surface area contributed by atoms with Gasteiger partial charge in [-0.2, -0.15) is 5.10 Å². The average Bonchev–Trinajstić information content (AvgIpc) is 3.52. The lowest BCUT2D eigenvalue weighted by Crippen LogP contribution is -2.46. The number of rotatable bonds is 6. The Morgan fingerprint density at radius 1 is 0.854 bits per heavy atom. The van der Waals surface area contributed by atoms with Gasteiger partial charge in [0.2, 0.25) is 0 Å². The number of aromatic nitrogens is 5. The number of fused-ring (bicyclic) bond motifs is 1. The third-order valence-electron chi connectivity index (χ3n) is 8.18. The summed E-state index contributed by atoms with van der Waals surface area (Å²) < 4.78 is 21.2. The van der Waals surface area contributed by atoms with Gasteiger partial charge in [-0.1, -0.05) is 12.1 Å². The van der Waals surface area contributed by atoms with Crippen molar-refractivity contribution >= 4 is 16.7 Å². The van der Waals surface area contributed by atoms with Gasteiger partial charge >= 0.3 is 0 Å². The SMILES string of the molecule is Fc1cccc(CN2CCN(c3ccc(-c4cc(-c5cnn(C6CCOCC6)c5)cc5ncncc45)cn3)CC2)c1. The van der Waals surface area contributed by atoms with Crippen LogP contribution in [0, 0.1) is 5.82 Å². The highest BCUT2D eigenvalue weighted by molar-refractivity contribution is 5.97. The standard InChI is InChI=1S/C32H32FN7O/c33-27-3-1-2-23(14-27)20-38-8-10-39(11-9-38)32-5-4-24(17-35-32)29-15-25(16-31-30(29)19-34-22-36-31)26-18-37-40(21-26)28-6-12-41-13-7-28/h1-5,14-19,21-22,28H,6-13,20H2. The van der Waals surface area contributed by atoms with Crippen LogP contribution in [0.1, 0.15) is 24.4 Å². The van der Waals surface area contributed by atoms with Crippen LogP contribution in [0.15, 0.2) is 79.6 Å². The molecule has 9 heteroatoms. The Bertz CT molecular complexity index is 1640. The molecule has 2 fully saturated rings. The Labute approximate surface area is 238 Å². The Hall–Kier alpha value is -4.21. The van der Waals surface area contributed by atoms with E-state index in [-0.39, 0.29) is 5.82 Å². The molecule has 2 aromatic carbocycles. The molecule has 0 aliphatic carbocycles. The van der Waals surface area contributed by atoms with Gasteiger partial charge < -0.3 is 9.64 Å². The Morgan fingerprint density at radius 3 is 2.54 bits per heavy atom. The number of ether oxygens (including phenoxy) is 1. The van der Waals surface area contributed by atoms with E-state index in [2.05, 4.69) is 60.0 Å². The minimum Gasteiger partial charge on any atom is -0.381 e. The van der Waals surface area contributed by atoms with Gasteiger partial charge in [0.25, 0.3) is 0 Å². The lowest BCUT2D eigenvalue weighted by Gasteiger charge is -2.35. The molecule has 0 spiro atoms. The van der Waals surface area contributed by atoms with E-state index in [0.29, 0.717) is 6.04 Å². The molecule has 2 aliphatic heterocycles. The second-order valence-electron chi connectivity index (χ2n) is 10.8. The molecule has 5 aromatic rings. The maximum absolute atomic E-state index is 13.6. The van der Waals surface area contributed by atoms with Gasteiger partial charge in [-0.25, -0.2) is 19.3 Å². The zero-order chi connectivity index (χ0) is 27.6. The van der Waals surface area contributed by atoms with E-state index in [1.54, 1.807) is 18.5 Å². The van der Waals surface area contributed by atoms with E-state index in [1.165, 1.54) is 6.07 Å². The predicted molar refractivity (Wildman–Crippen MR) is 157 cm³/mol. The minimum atomic E-state index is -0.180. The topological polar surface area (TPSA) is 72.2 Å². The van der Waals surface area contributed by atoms with Gasteiger partial charge in [0, 0.05) is 81.0 Å². The van der Waals surface area contributed by atoms with E-state index in [4.69, 9.17) is 9.72 Å². The van der Waals surface area contributed by atoms with Gasteiger partial charge in [-0.15, -0.1) is 0 Å². The Kier molecular flexibility index (Phi) is 7.12. The number of nitrogens with zero attached hydrogens (tertiary/aromatic N) is 7. The van der Waals surface area contributed by atoms with Crippen LogP contribution in [0.3, 0.4) is 0 Å². The third-order valence-corrected chi connectivity index (χ3v) is 8.18. The number of halogens is 1. The van der Waals surface area contributed by atoms with Crippen molar-refractivity contribution in [1.29, 1.82) is 0 Å². The van der Waals surface area contributed by atoms with Crippen LogP contribution in [-0.2, 0) is 11.3 Å². The van der Waals surface area contributed by atoms with Gasteiger partial charge in [0.15, 0.2) is 0 Å². The molecule has 0 unspecified atom stereocenters. The quantitative estimate of drug-likeness (QED) is 0.282. The summed E-state index contributed by atoms with van der Waals surface area (Å²) in [4.78, 5) is 18.4. The second kappa shape index (κ2) is 11.3. The van der Waals surface area contributed by atoms with E-state index < -0.39 is 0 Å². The van der Waals surface area contributed by atoms with Crippen LogP contribution in [-0.4, -0.2) is 69.0 Å². The molecular weight excluding hydrogens is 517 g/mol. The van der Waals surface area contributed by atoms with Crippen molar-refractivity contribution in [2.24, 2.45) is 0 Å². The highest BCUT2D eigenvalue weighted by Crippen LogP contribution is 2.34. The molecule has 0 bridgehead atoms. The zero-order valence-electron chi connectivity index (χ0n) is 22.9. The molecule has 5 heterocycles. The van der Waals surface area contributed by atoms with Crippen molar-refractivity contribution in [2.75, 3.05) is 44.3 Å². The first kappa shape index (κ1) is 25.7. The van der Waals surface area contributed by atoms with E-state index >= 15 is 0 Å². The van der Waals surface area contributed by atoms with Crippen LogP contribution in [0.2, 0.25) is 0 Å². The van der Waals surface area contributed by atoms with Crippen molar-refractivity contribution in [2.45, 2.75) is 25.4 Å². The highest BCUT2D eigenvalue weighted by Gasteiger charge is 2.20. The monoisotopic (exact) mass is 549 g/mol. The van der Waals surface area contributed by atoms with E-state index in [1.807, 2.05) is 24.7 Å². The predicted octanol–water partition coefficient (Wildman–Crippen LogP) is 5.37. The maximum Gasteiger partial charge on any atom is 0.128 e. The summed E-state index contributed by atoms with van der Waals surface area (Å²) in [7, 11) is 0. The van der Waals surface area contributed by atoms with Crippen LogP contribution in [0.4, 0.5) is 10.2 Å². The van der Waals surface area contributed by atoms with Gasteiger partial charge in [-0.05, 0) is 65.9 Å². The van der Waals surface area contributed by atoms with Crippen LogP contribution >= 0.6 is 0 Å². The van der Waals surface area contributed by atoms with Crippen molar-refractivity contribution in [3.05, 3.63) is 91.0 Å².